The number of ether oxygens (including phenoxy) is 2. The van der Waals surface area contributed by atoms with Gasteiger partial charge < -0.3 is 15.2 Å². The first-order chi connectivity index (χ1) is 9.01. The maximum absolute atomic E-state index is 13.7. The Bertz CT molecular complexity index is 620. The van der Waals surface area contributed by atoms with Crippen LogP contribution in [0, 0.1) is 5.82 Å². The molecular formula is C13H10Cl2FNO2. The van der Waals surface area contributed by atoms with Gasteiger partial charge in [-0.1, -0.05) is 23.2 Å². The minimum absolute atomic E-state index is 0.0322. The lowest BCUT2D eigenvalue weighted by molar-refractivity contribution is 0.403. The highest BCUT2D eigenvalue weighted by molar-refractivity contribution is 6.35. The topological polar surface area (TPSA) is 44.5 Å². The molecule has 0 spiro atoms. The summed E-state index contributed by atoms with van der Waals surface area (Å²) in [6.45, 7) is 0. The van der Waals surface area contributed by atoms with Crippen molar-refractivity contribution in [2.45, 2.75) is 0 Å². The summed E-state index contributed by atoms with van der Waals surface area (Å²) in [6.07, 6.45) is 0. The van der Waals surface area contributed by atoms with Crippen molar-refractivity contribution in [1.82, 2.24) is 0 Å². The molecule has 0 amide bonds. The number of nitrogen functional groups attached to an aromatic ring is 1. The average Bonchev–Trinajstić information content (AvgIpc) is 2.35. The van der Waals surface area contributed by atoms with Gasteiger partial charge in [-0.3, -0.25) is 0 Å². The molecule has 19 heavy (non-hydrogen) atoms. The van der Waals surface area contributed by atoms with E-state index in [4.69, 9.17) is 38.4 Å². The van der Waals surface area contributed by atoms with Crippen molar-refractivity contribution in [2.75, 3.05) is 12.8 Å². The largest absolute Gasteiger partial charge is 0.494 e. The van der Waals surface area contributed by atoms with Crippen LogP contribution in [0.25, 0.3) is 0 Å². The summed E-state index contributed by atoms with van der Waals surface area (Å²) in [6, 6.07) is 7.13. The Morgan fingerprint density at radius 1 is 1.05 bits per heavy atom. The second kappa shape index (κ2) is 5.55. The molecule has 2 rings (SSSR count). The van der Waals surface area contributed by atoms with Crippen molar-refractivity contribution < 1.29 is 13.9 Å². The van der Waals surface area contributed by atoms with E-state index in [1.165, 1.54) is 19.2 Å². The van der Waals surface area contributed by atoms with Crippen molar-refractivity contribution in [3.63, 3.8) is 0 Å². The molecule has 0 atom stereocenters. The van der Waals surface area contributed by atoms with Crippen molar-refractivity contribution in [3.05, 3.63) is 46.2 Å². The van der Waals surface area contributed by atoms with Gasteiger partial charge in [0, 0.05) is 17.2 Å². The molecule has 3 nitrogen and oxygen atoms in total. The Morgan fingerprint density at radius 2 is 1.79 bits per heavy atom. The monoisotopic (exact) mass is 301 g/mol. The van der Waals surface area contributed by atoms with Crippen LogP contribution >= 0.6 is 23.2 Å². The number of benzene rings is 2. The van der Waals surface area contributed by atoms with Gasteiger partial charge in [0.25, 0.3) is 0 Å². The second-order valence-corrected chi connectivity index (χ2v) is 4.55. The lowest BCUT2D eigenvalue weighted by Crippen LogP contribution is -1.96. The number of hydrogen-bond donors (Lipinski definition) is 1. The van der Waals surface area contributed by atoms with Crippen LogP contribution in [0.15, 0.2) is 30.3 Å². The van der Waals surface area contributed by atoms with Crippen LogP contribution in [0.4, 0.5) is 10.1 Å². The first kappa shape index (κ1) is 13.8. The molecule has 2 aromatic rings. The smallest absolute Gasteiger partial charge is 0.168 e. The van der Waals surface area contributed by atoms with E-state index in [1.54, 1.807) is 12.1 Å². The van der Waals surface area contributed by atoms with E-state index in [-0.39, 0.29) is 22.2 Å². The lowest BCUT2D eigenvalue weighted by atomic mass is 10.2. The zero-order valence-electron chi connectivity index (χ0n) is 9.91. The zero-order valence-corrected chi connectivity index (χ0v) is 11.4. The summed E-state index contributed by atoms with van der Waals surface area (Å²) in [4.78, 5) is 0. The van der Waals surface area contributed by atoms with Crippen LogP contribution in [0.2, 0.25) is 10.0 Å². The Kier molecular flexibility index (Phi) is 4.02. The third kappa shape index (κ3) is 3.03. The van der Waals surface area contributed by atoms with Gasteiger partial charge in [0.1, 0.15) is 11.5 Å². The second-order valence-electron chi connectivity index (χ2n) is 3.70. The molecule has 0 saturated carbocycles. The minimum atomic E-state index is -0.607. The standard InChI is InChI=1S/C13H10Cl2FNO2/c1-18-13-6-12(9(16)5-10(13)17)19-11-3-2-7(14)4-8(11)15/h2-6H,17H2,1H3. The maximum atomic E-state index is 13.7. The first-order valence-electron chi connectivity index (χ1n) is 5.27. The van der Waals surface area contributed by atoms with Crippen LogP contribution in [0.3, 0.4) is 0 Å². The third-order valence-corrected chi connectivity index (χ3v) is 2.93. The summed E-state index contributed by atoms with van der Waals surface area (Å²) < 4.78 is 24.1. The molecule has 0 aliphatic carbocycles. The Balaban J connectivity index is 2.37. The third-order valence-electron chi connectivity index (χ3n) is 2.40. The summed E-state index contributed by atoms with van der Waals surface area (Å²) in [5, 5.41) is 0.746. The van der Waals surface area contributed by atoms with Crippen LogP contribution in [-0.2, 0) is 0 Å². The molecule has 0 unspecified atom stereocenters. The Morgan fingerprint density at radius 3 is 2.42 bits per heavy atom. The molecule has 0 fully saturated rings. The first-order valence-corrected chi connectivity index (χ1v) is 6.02. The highest BCUT2D eigenvalue weighted by Crippen LogP contribution is 2.36. The molecule has 0 saturated heterocycles. The average molecular weight is 302 g/mol. The molecule has 2 aromatic carbocycles. The number of methoxy groups -OCH3 is 1. The Hall–Kier alpha value is -1.65. The summed E-state index contributed by atoms with van der Waals surface area (Å²) in [7, 11) is 1.43. The van der Waals surface area contributed by atoms with Crippen LogP contribution in [-0.4, -0.2) is 7.11 Å². The molecule has 0 aliphatic rings. The summed E-state index contributed by atoms with van der Waals surface area (Å²) in [5.41, 5.74) is 5.77. The highest BCUT2D eigenvalue weighted by Gasteiger charge is 2.12. The molecule has 2 N–H and O–H groups in total. The van der Waals surface area contributed by atoms with Crippen molar-refractivity contribution in [1.29, 1.82) is 0 Å². The van der Waals surface area contributed by atoms with Crippen molar-refractivity contribution in [3.8, 4) is 17.2 Å². The van der Waals surface area contributed by atoms with Gasteiger partial charge in [-0.2, -0.15) is 0 Å². The van der Waals surface area contributed by atoms with Gasteiger partial charge in [0.15, 0.2) is 11.6 Å². The molecule has 6 heteroatoms. The SMILES string of the molecule is COc1cc(Oc2ccc(Cl)cc2Cl)c(F)cc1N. The van der Waals surface area contributed by atoms with E-state index in [1.807, 2.05) is 0 Å². The highest BCUT2D eigenvalue weighted by atomic mass is 35.5. The van der Waals surface area contributed by atoms with E-state index in [2.05, 4.69) is 0 Å². The van der Waals surface area contributed by atoms with E-state index in [9.17, 15) is 4.39 Å². The lowest BCUT2D eigenvalue weighted by Gasteiger charge is -2.11. The van der Waals surface area contributed by atoms with Crippen molar-refractivity contribution >= 4 is 28.9 Å². The molecule has 0 aliphatic heterocycles. The van der Waals surface area contributed by atoms with Gasteiger partial charge in [0.05, 0.1) is 17.8 Å². The van der Waals surface area contributed by atoms with Gasteiger partial charge in [-0.25, -0.2) is 4.39 Å². The molecule has 0 heterocycles. The van der Waals surface area contributed by atoms with Gasteiger partial charge in [0.2, 0.25) is 0 Å². The molecular weight excluding hydrogens is 292 g/mol. The minimum Gasteiger partial charge on any atom is -0.494 e. The van der Waals surface area contributed by atoms with E-state index in [0.717, 1.165) is 6.07 Å². The zero-order chi connectivity index (χ0) is 14.0. The normalized spacial score (nSPS) is 10.3. The molecule has 0 bridgehead atoms. The van der Waals surface area contributed by atoms with E-state index in [0.29, 0.717) is 10.8 Å². The number of halogens is 3. The van der Waals surface area contributed by atoms with Crippen LogP contribution in [0.1, 0.15) is 0 Å². The predicted molar refractivity (Wildman–Crippen MR) is 73.9 cm³/mol. The summed E-state index contributed by atoms with van der Waals surface area (Å²) in [5.74, 6) is -0.0298. The predicted octanol–water partition coefficient (Wildman–Crippen LogP) is 4.52. The van der Waals surface area contributed by atoms with Gasteiger partial charge >= 0.3 is 0 Å². The van der Waals surface area contributed by atoms with Crippen molar-refractivity contribution in [2.24, 2.45) is 0 Å². The van der Waals surface area contributed by atoms with Crippen LogP contribution < -0.4 is 15.2 Å². The van der Waals surface area contributed by atoms with E-state index < -0.39 is 5.82 Å². The maximum Gasteiger partial charge on any atom is 0.168 e. The number of rotatable bonds is 3. The van der Waals surface area contributed by atoms with E-state index >= 15 is 0 Å². The quantitative estimate of drug-likeness (QED) is 0.848. The number of hydrogen-bond acceptors (Lipinski definition) is 3. The number of anilines is 1. The molecule has 0 aromatic heterocycles. The molecule has 0 radical (unpaired) electrons. The fourth-order valence-electron chi connectivity index (χ4n) is 1.48. The van der Waals surface area contributed by atoms with Gasteiger partial charge in [-0.15, -0.1) is 0 Å². The fraction of sp³-hybridized carbons (Fsp3) is 0.0769. The number of nitrogens with two attached hydrogens (primary N) is 1. The Labute approximate surface area is 119 Å². The van der Waals surface area contributed by atoms with Gasteiger partial charge in [-0.05, 0) is 18.2 Å². The fourth-order valence-corrected chi connectivity index (χ4v) is 1.93. The molecule has 100 valence electrons. The summed E-state index contributed by atoms with van der Waals surface area (Å²) >= 11 is 11.7. The van der Waals surface area contributed by atoms with Crippen LogP contribution in [0.5, 0.6) is 17.2 Å².